The average Bonchev–Trinajstić information content (AvgIpc) is 2.79. The van der Waals surface area contributed by atoms with Gasteiger partial charge in [-0.2, -0.15) is 4.31 Å². The van der Waals surface area contributed by atoms with E-state index in [0.717, 1.165) is 11.6 Å². The molecule has 2 saturated heterocycles. The first-order chi connectivity index (χ1) is 14.8. The highest BCUT2D eigenvalue weighted by molar-refractivity contribution is 7.89. The van der Waals surface area contributed by atoms with E-state index < -0.39 is 21.3 Å². The van der Waals surface area contributed by atoms with Gasteiger partial charge in [0.15, 0.2) is 0 Å². The normalized spacial score (nSPS) is 19.9. The molecule has 6 nitrogen and oxygen atoms in total. The summed E-state index contributed by atoms with van der Waals surface area (Å²) in [6, 6.07) is 12.7. The predicted octanol–water partition coefficient (Wildman–Crippen LogP) is 3.06. The summed E-state index contributed by atoms with van der Waals surface area (Å²) in [5.74, 6) is -0.816. The van der Waals surface area contributed by atoms with Gasteiger partial charge in [-0.1, -0.05) is 35.9 Å². The molecule has 0 aliphatic carbocycles. The van der Waals surface area contributed by atoms with Crippen LogP contribution in [-0.2, 0) is 25.0 Å². The number of rotatable bonds is 4. The highest BCUT2D eigenvalue weighted by Crippen LogP contribution is 2.38. The van der Waals surface area contributed by atoms with Gasteiger partial charge in [-0.25, -0.2) is 12.8 Å². The second-order valence-corrected chi connectivity index (χ2v) is 10.2. The minimum atomic E-state index is -3.96. The molecule has 0 unspecified atom stereocenters. The van der Waals surface area contributed by atoms with E-state index in [4.69, 9.17) is 16.3 Å². The fourth-order valence-corrected chi connectivity index (χ4v) is 6.04. The first kappa shape index (κ1) is 22.2. The van der Waals surface area contributed by atoms with Crippen LogP contribution in [0.5, 0.6) is 0 Å². The van der Waals surface area contributed by atoms with E-state index in [9.17, 15) is 17.6 Å². The third-order valence-electron chi connectivity index (χ3n) is 6.11. The first-order valence-electron chi connectivity index (χ1n) is 10.2. The zero-order valence-electron chi connectivity index (χ0n) is 17.0. The number of sulfonamides is 1. The van der Waals surface area contributed by atoms with Crippen LogP contribution in [0.15, 0.2) is 53.4 Å². The van der Waals surface area contributed by atoms with Crippen molar-refractivity contribution in [2.75, 3.05) is 39.4 Å². The largest absolute Gasteiger partial charge is 0.381 e. The molecule has 1 amide bonds. The molecule has 0 atom stereocenters. The number of piperazine rings is 1. The minimum Gasteiger partial charge on any atom is -0.381 e. The number of nitrogens with zero attached hydrogens (tertiary/aromatic N) is 2. The topological polar surface area (TPSA) is 66.9 Å². The molecule has 0 radical (unpaired) electrons. The second kappa shape index (κ2) is 8.86. The minimum absolute atomic E-state index is 0.0407. The summed E-state index contributed by atoms with van der Waals surface area (Å²) in [4.78, 5) is 15.0. The summed E-state index contributed by atoms with van der Waals surface area (Å²) in [6.45, 7) is 1.67. The maximum Gasteiger partial charge on any atom is 0.246 e. The molecule has 0 N–H and O–H groups in total. The predicted molar refractivity (Wildman–Crippen MR) is 115 cm³/mol. The molecule has 2 aliphatic heterocycles. The van der Waals surface area contributed by atoms with Crippen molar-refractivity contribution in [1.29, 1.82) is 0 Å². The van der Waals surface area contributed by atoms with Crippen LogP contribution in [0.3, 0.4) is 0 Å². The second-order valence-electron chi connectivity index (χ2n) is 7.83. The number of carbonyl (C=O) groups is 1. The lowest BCUT2D eigenvalue weighted by Gasteiger charge is -2.42. The van der Waals surface area contributed by atoms with Crippen LogP contribution in [0.25, 0.3) is 0 Å². The Morgan fingerprint density at radius 3 is 2.32 bits per heavy atom. The van der Waals surface area contributed by atoms with Crippen molar-refractivity contribution in [2.45, 2.75) is 23.2 Å². The molecule has 0 saturated carbocycles. The van der Waals surface area contributed by atoms with Crippen LogP contribution in [0.2, 0.25) is 5.02 Å². The number of ether oxygens (including phenoxy) is 1. The standard InChI is InChI=1S/C22H24ClFN2O4S/c23-18-5-3-4-17(16-18)22(8-14-30-15-9-22)21(27)25-10-12-26(13-11-25)31(28,29)20-7-2-1-6-19(20)24/h1-7,16H,8-15H2. The Labute approximate surface area is 186 Å². The third-order valence-corrected chi connectivity index (χ3v) is 8.28. The highest BCUT2D eigenvalue weighted by Gasteiger charge is 2.45. The van der Waals surface area contributed by atoms with Crippen molar-refractivity contribution in [3.05, 3.63) is 64.9 Å². The van der Waals surface area contributed by atoms with Gasteiger partial charge in [-0.05, 0) is 42.7 Å². The van der Waals surface area contributed by atoms with Crippen molar-refractivity contribution in [3.63, 3.8) is 0 Å². The van der Waals surface area contributed by atoms with Crippen molar-refractivity contribution in [1.82, 2.24) is 9.21 Å². The van der Waals surface area contributed by atoms with E-state index in [1.54, 1.807) is 11.0 Å². The monoisotopic (exact) mass is 466 g/mol. The van der Waals surface area contributed by atoms with Crippen LogP contribution < -0.4 is 0 Å². The van der Waals surface area contributed by atoms with E-state index in [0.29, 0.717) is 31.1 Å². The number of hydrogen-bond donors (Lipinski definition) is 0. The number of hydrogen-bond acceptors (Lipinski definition) is 4. The van der Waals surface area contributed by atoms with E-state index in [1.807, 2.05) is 18.2 Å². The SMILES string of the molecule is O=C(N1CCN(S(=O)(=O)c2ccccc2F)CC1)C1(c2cccc(Cl)c2)CCOCC1. The van der Waals surface area contributed by atoms with Gasteiger partial charge in [0.2, 0.25) is 15.9 Å². The quantitative estimate of drug-likeness (QED) is 0.694. The molecule has 2 aromatic rings. The summed E-state index contributed by atoms with van der Waals surface area (Å²) < 4.78 is 46.5. The summed E-state index contributed by atoms with van der Waals surface area (Å²) >= 11 is 6.20. The number of carbonyl (C=O) groups excluding carboxylic acids is 1. The van der Waals surface area contributed by atoms with Crippen LogP contribution in [0.4, 0.5) is 4.39 Å². The molecular formula is C22H24ClFN2O4S. The molecule has 31 heavy (non-hydrogen) atoms. The van der Waals surface area contributed by atoms with Gasteiger partial charge in [-0.15, -0.1) is 0 Å². The molecule has 4 rings (SSSR count). The molecule has 9 heteroatoms. The van der Waals surface area contributed by atoms with Crippen molar-refractivity contribution in [2.24, 2.45) is 0 Å². The number of halogens is 2. The van der Waals surface area contributed by atoms with E-state index >= 15 is 0 Å². The Kier molecular flexibility index (Phi) is 6.35. The van der Waals surface area contributed by atoms with Gasteiger partial charge in [-0.3, -0.25) is 4.79 Å². The summed E-state index contributed by atoms with van der Waals surface area (Å²) in [5, 5.41) is 0.567. The highest BCUT2D eigenvalue weighted by atomic mass is 35.5. The van der Waals surface area contributed by atoms with Gasteiger partial charge in [0.1, 0.15) is 10.7 Å². The van der Waals surface area contributed by atoms with Crippen molar-refractivity contribution in [3.8, 4) is 0 Å². The Hall–Kier alpha value is -2.00. The van der Waals surface area contributed by atoms with Crippen LogP contribution >= 0.6 is 11.6 Å². The molecule has 0 bridgehead atoms. The molecule has 2 aromatic carbocycles. The zero-order chi connectivity index (χ0) is 22.1. The van der Waals surface area contributed by atoms with E-state index in [2.05, 4.69) is 0 Å². The molecule has 2 fully saturated rings. The fourth-order valence-electron chi connectivity index (χ4n) is 4.36. The molecule has 2 heterocycles. The maximum absolute atomic E-state index is 14.1. The van der Waals surface area contributed by atoms with Crippen LogP contribution in [0, 0.1) is 5.82 Å². The van der Waals surface area contributed by atoms with Gasteiger partial charge in [0, 0.05) is 44.4 Å². The van der Waals surface area contributed by atoms with E-state index in [1.165, 1.54) is 22.5 Å². The Morgan fingerprint density at radius 1 is 1.00 bits per heavy atom. The molecule has 0 spiro atoms. The molecule has 0 aromatic heterocycles. The number of amides is 1. The summed E-state index contributed by atoms with van der Waals surface area (Å²) in [5.41, 5.74) is 0.116. The van der Waals surface area contributed by atoms with Gasteiger partial charge < -0.3 is 9.64 Å². The van der Waals surface area contributed by atoms with Crippen molar-refractivity contribution < 1.29 is 22.3 Å². The average molecular weight is 467 g/mol. The summed E-state index contributed by atoms with van der Waals surface area (Å²) in [6.07, 6.45) is 1.08. The molecular weight excluding hydrogens is 443 g/mol. The van der Waals surface area contributed by atoms with Crippen LogP contribution in [0.1, 0.15) is 18.4 Å². The van der Waals surface area contributed by atoms with Crippen LogP contribution in [-0.4, -0.2) is 62.9 Å². The van der Waals surface area contributed by atoms with E-state index in [-0.39, 0.29) is 37.0 Å². The Bertz CT molecular complexity index is 1060. The van der Waals surface area contributed by atoms with Gasteiger partial charge in [0.05, 0.1) is 5.41 Å². The lowest BCUT2D eigenvalue weighted by molar-refractivity contribution is -0.142. The summed E-state index contributed by atoms with van der Waals surface area (Å²) in [7, 11) is -3.96. The third kappa shape index (κ3) is 4.22. The fraction of sp³-hybridized carbons (Fsp3) is 0.409. The zero-order valence-corrected chi connectivity index (χ0v) is 18.5. The molecule has 166 valence electrons. The first-order valence-corrected chi connectivity index (χ1v) is 12.0. The Balaban J connectivity index is 1.53. The number of benzene rings is 2. The van der Waals surface area contributed by atoms with Crippen molar-refractivity contribution >= 4 is 27.5 Å². The van der Waals surface area contributed by atoms with Gasteiger partial charge in [0.25, 0.3) is 0 Å². The Morgan fingerprint density at radius 2 is 1.68 bits per heavy atom. The maximum atomic E-state index is 14.1. The lowest BCUT2D eigenvalue weighted by Crippen LogP contribution is -2.56. The smallest absolute Gasteiger partial charge is 0.246 e. The molecule has 2 aliphatic rings. The van der Waals surface area contributed by atoms with Gasteiger partial charge >= 0.3 is 0 Å². The lowest BCUT2D eigenvalue weighted by atomic mass is 9.73.